The van der Waals surface area contributed by atoms with E-state index >= 15 is 0 Å². The van der Waals surface area contributed by atoms with Crippen LogP contribution in [0, 0.1) is 5.41 Å². The third-order valence-corrected chi connectivity index (χ3v) is 1.56. The summed E-state index contributed by atoms with van der Waals surface area (Å²) >= 11 is 5.70. The summed E-state index contributed by atoms with van der Waals surface area (Å²) in [7, 11) is 0. The summed E-state index contributed by atoms with van der Waals surface area (Å²) in [6, 6.07) is 0. The lowest BCUT2D eigenvalue weighted by molar-refractivity contribution is 0.882. The highest BCUT2D eigenvalue weighted by Crippen LogP contribution is 2.12. The molecule has 1 aliphatic carbocycles. The lowest BCUT2D eigenvalue weighted by Crippen LogP contribution is -2.05. The van der Waals surface area contributed by atoms with Crippen LogP contribution in [0.2, 0.25) is 0 Å². The SMILES string of the molecule is N=C1C=CC(Cl)CC1. The van der Waals surface area contributed by atoms with Crippen molar-refractivity contribution < 1.29 is 0 Å². The summed E-state index contributed by atoms with van der Waals surface area (Å²) in [5.41, 5.74) is 0.696. The molecule has 8 heavy (non-hydrogen) atoms. The van der Waals surface area contributed by atoms with Crippen molar-refractivity contribution in [3.05, 3.63) is 12.2 Å². The molecule has 44 valence electrons. The lowest BCUT2D eigenvalue weighted by Gasteiger charge is -2.07. The summed E-state index contributed by atoms with van der Waals surface area (Å²) in [5.74, 6) is 0. The summed E-state index contributed by atoms with van der Waals surface area (Å²) in [6.07, 6.45) is 5.41. The largest absolute Gasteiger partial charge is 0.305 e. The number of allylic oxidation sites excluding steroid dienone is 2. The van der Waals surface area contributed by atoms with Gasteiger partial charge >= 0.3 is 0 Å². The second-order valence-electron chi connectivity index (χ2n) is 1.94. The van der Waals surface area contributed by atoms with Crippen molar-refractivity contribution in [1.29, 1.82) is 5.41 Å². The van der Waals surface area contributed by atoms with Gasteiger partial charge in [-0.25, -0.2) is 0 Å². The molecule has 0 bridgehead atoms. The second kappa shape index (κ2) is 2.31. The van der Waals surface area contributed by atoms with Crippen LogP contribution in [0.4, 0.5) is 0 Å². The van der Waals surface area contributed by atoms with Crippen molar-refractivity contribution in [2.45, 2.75) is 18.2 Å². The zero-order chi connectivity index (χ0) is 5.98. The predicted molar refractivity (Wildman–Crippen MR) is 35.7 cm³/mol. The van der Waals surface area contributed by atoms with E-state index in [-0.39, 0.29) is 5.38 Å². The first-order valence-electron chi connectivity index (χ1n) is 2.69. The maximum absolute atomic E-state index is 7.13. The quantitative estimate of drug-likeness (QED) is 0.484. The highest BCUT2D eigenvalue weighted by molar-refractivity contribution is 6.22. The molecular weight excluding hydrogens is 122 g/mol. The molecule has 0 aromatic carbocycles. The molecule has 1 unspecified atom stereocenters. The topological polar surface area (TPSA) is 23.9 Å². The van der Waals surface area contributed by atoms with Crippen LogP contribution in [0.5, 0.6) is 0 Å². The monoisotopic (exact) mass is 129 g/mol. The summed E-state index contributed by atoms with van der Waals surface area (Å²) in [4.78, 5) is 0. The second-order valence-corrected chi connectivity index (χ2v) is 2.50. The Labute approximate surface area is 53.9 Å². The smallest absolute Gasteiger partial charge is 0.0523 e. The Bertz CT molecular complexity index is 128. The zero-order valence-electron chi connectivity index (χ0n) is 4.52. The average Bonchev–Trinajstić information content (AvgIpc) is 1.77. The maximum Gasteiger partial charge on any atom is 0.0523 e. The lowest BCUT2D eigenvalue weighted by atomic mass is 10.1. The van der Waals surface area contributed by atoms with Crippen LogP contribution in [0.1, 0.15) is 12.8 Å². The molecule has 0 radical (unpaired) electrons. The molecule has 0 heterocycles. The standard InChI is InChI=1S/C6H8ClN/c7-5-1-3-6(8)4-2-5/h1,3,5,8H,2,4H2. The first-order valence-corrected chi connectivity index (χ1v) is 3.12. The van der Waals surface area contributed by atoms with Gasteiger partial charge in [0.25, 0.3) is 0 Å². The highest BCUT2D eigenvalue weighted by atomic mass is 35.5. The molecule has 0 spiro atoms. The van der Waals surface area contributed by atoms with Crippen molar-refractivity contribution in [2.24, 2.45) is 0 Å². The number of hydrogen-bond donors (Lipinski definition) is 1. The Balaban J connectivity index is 2.55. The molecule has 0 saturated heterocycles. The number of halogens is 1. The minimum Gasteiger partial charge on any atom is -0.305 e. The van der Waals surface area contributed by atoms with Gasteiger partial charge < -0.3 is 5.41 Å². The van der Waals surface area contributed by atoms with Crippen molar-refractivity contribution >= 4 is 17.3 Å². The van der Waals surface area contributed by atoms with Crippen LogP contribution in [-0.4, -0.2) is 11.1 Å². The minimum atomic E-state index is 0.170. The van der Waals surface area contributed by atoms with Gasteiger partial charge in [-0.15, -0.1) is 11.6 Å². The molecule has 0 aliphatic heterocycles. The molecule has 1 N–H and O–H groups in total. The minimum absolute atomic E-state index is 0.170. The molecule has 0 amide bonds. The van der Waals surface area contributed by atoms with Gasteiger partial charge in [0, 0.05) is 5.71 Å². The van der Waals surface area contributed by atoms with E-state index < -0.39 is 0 Å². The van der Waals surface area contributed by atoms with E-state index in [2.05, 4.69) is 0 Å². The Morgan fingerprint density at radius 3 is 2.88 bits per heavy atom. The van der Waals surface area contributed by atoms with Gasteiger partial charge in [-0.05, 0) is 18.9 Å². The van der Waals surface area contributed by atoms with E-state index in [4.69, 9.17) is 17.0 Å². The van der Waals surface area contributed by atoms with Crippen LogP contribution in [-0.2, 0) is 0 Å². The van der Waals surface area contributed by atoms with Gasteiger partial charge in [-0.1, -0.05) is 6.08 Å². The molecule has 1 aliphatic rings. The van der Waals surface area contributed by atoms with Gasteiger partial charge in [0.2, 0.25) is 0 Å². The normalized spacial score (nSPS) is 28.6. The van der Waals surface area contributed by atoms with Crippen molar-refractivity contribution in [2.75, 3.05) is 0 Å². The molecule has 1 rings (SSSR count). The third kappa shape index (κ3) is 1.34. The predicted octanol–water partition coefficient (Wildman–Crippen LogP) is 1.96. The summed E-state index contributed by atoms with van der Waals surface area (Å²) in [6.45, 7) is 0. The maximum atomic E-state index is 7.13. The molecule has 0 aromatic rings. The Hall–Kier alpha value is -0.300. The molecular formula is C6H8ClN. The van der Waals surface area contributed by atoms with Gasteiger partial charge in [-0.3, -0.25) is 0 Å². The van der Waals surface area contributed by atoms with E-state index in [9.17, 15) is 0 Å². The number of hydrogen-bond acceptors (Lipinski definition) is 1. The van der Waals surface area contributed by atoms with E-state index in [1.165, 1.54) is 0 Å². The van der Waals surface area contributed by atoms with Crippen molar-refractivity contribution in [3.63, 3.8) is 0 Å². The van der Waals surface area contributed by atoms with Gasteiger partial charge in [0.15, 0.2) is 0 Å². The van der Waals surface area contributed by atoms with Gasteiger partial charge in [0.05, 0.1) is 5.38 Å². The first kappa shape index (κ1) is 5.83. The van der Waals surface area contributed by atoms with E-state index in [1.807, 2.05) is 6.08 Å². The van der Waals surface area contributed by atoms with Crippen LogP contribution in [0.25, 0.3) is 0 Å². The molecule has 1 atom stereocenters. The van der Waals surface area contributed by atoms with Crippen molar-refractivity contribution in [3.8, 4) is 0 Å². The molecule has 0 saturated carbocycles. The van der Waals surface area contributed by atoms with Crippen LogP contribution in [0.3, 0.4) is 0 Å². The first-order chi connectivity index (χ1) is 3.79. The number of nitrogens with one attached hydrogen (secondary N) is 1. The van der Waals surface area contributed by atoms with Crippen LogP contribution < -0.4 is 0 Å². The zero-order valence-corrected chi connectivity index (χ0v) is 5.28. The van der Waals surface area contributed by atoms with E-state index in [0.29, 0.717) is 5.71 Å². The molecule has 2 heteroatoms. The van der Waals surface area contributed by atoms with Gasteiger partial charge in [-0.2, -0.15) is 0 Å². The Kier molecular flexibility index (Phi) is 1.69. The fourth-order valence-corrected chi connectivity index (χ4v) is 0.875. The van der Waals surface area contributed by atoms with E-state index in [1.54, 1.807) is 6.08 Å². The van der Waals surface area contributed by atoms with Crippen molar-refractivity contribution in [1.82, 2.24) is 0 Å². The van der Waals surface area contributed by atoms with E-state index in [0.717, 1.165) is 12.8 Å². The molecule has 0 aromatic heterocycles. The number of rotatable bonds is 0. The fraction of sp³-hybridized carbons (Fsp3) is 0.500. The molecule has 0 fully saturated rings. The highest BCUT2D eigenvalue weighted by Gasteiger charge is 2.05. The summed E-state index contributed by atoms with van der Waals surface area (Å²) in [5, 5.41) is 7.30. The fourth-order valence-electron chi connectivity index (χ4n) is 0.694. The summed E-state index contributed by atoms with van der Waals surface area (Å²) < 4.78 is 0. The molecule has 1 nitrogen and oxygen atoms in total. The Morgan fingerprint density at radius 1 is 1.75 bits per heavy atom. The Morgan fingerprint density at radius 2 is 2.50 bits per heavy atom. The van der Waals surface area contributed by atoms with Crippen LogP contribution >= 0.6 is 11.6 Å². The third-order valence-electron chi connectivity index (χ3n) is 1.20. The van der Waals surface area contributed by atoms with Crippen LogP contribution in [0.15, 0.2) is 12.2 Å². The number of alkyl halides is 1. The average molecular weight is 130 g/mol. The van der Waals surface area contributed by atoms with Gasteiger partial charge in [0.1, 0.15) is 0 Å².